The predicted molar refractivity (Wildman–Crippen MR) is 128 cm³/mol. The molecule has 0 saturated carbocycles. The number of benzene rings is 1. The normalized spacial score (nSPS) is 22.7. The number of nitrogens with zero attached hydrogens (tertiary/aromatic N) is 1. The number of allylic oxidation sites excluding steroid dienone is 3. The lowest BCUT2D eigenvalue weighted by molar-refractivity contribution is -0.131. The van der Waals surface area contributed by atoms with E-state index in [0.717, 1.165) is 23.4 Å². The Morgan fingerprint density at radius 3 is 2.52 bits per heavy atom. The monoisotopic (exact) mass is 518 g/mol. The molecule has 0 bridgehead atoms. The number of dihydropyridines is 1. The zero-order chi connectivity index (χ0) is 23.9. The molecule has 3 aliphatic rings. The molecule has 1 fully saturated rings. The molecule has 33 heavy (non-hydrogen) atoms. The van der Waals surface area contributed by atoms with Crippen LogP contribution in [0.5, 0.6) is 11.5 Å². The first-order chi connectivity index (χ1) is 15.7. The Hall–Kier alpha value is -2.32. The molecule has 178 valence electrons. The smallest absolute Gasteiger partial charge is 0.252 e. The summed E-state index contributed by atoms with van der Waals surface area (Å²) in [5.74, 6) is 0.633. The van der Waals surface area contributed by atoms with Gasteiger partial charge in [-0.3, -0.25) is 9.59 Å². The zero-order valence-corrected chi connectivity index (χ0v) is 21.4. The molecule has 1 amide bonds. The van der Waals surface area contributed by atoms with E-state index in [1.54, 1.807) is 14.2 Å². The molecule has 1 saturated heterocycles. The van der Waals surface area contributed by atoms with Gasteiger partial charge in [-0.15, -0.1) is 0 Å². The number of ether oxygens (including phenoxy) is 3. The highest BCUT2D eigenvalue weighted by atomic mass is 79.9. The fourth-order valence-corrected chi connectivity index (χ4v) is 5.72. The van der Waals surface area contributed by atoms with Crippen molar-refractivity contribution in [3.8, 4) is 11.5 Å². The summed E-state index contributed by atoms with van der Waals surface area (Å²) in [5.41, 5.74) is 3.64. The molecule has 7 nitrogen and oxygen atoms in total. The molecule has 2 aliphatic heterocycles. The van der Waals surface area contributed by atoms with Gasteiger partial charge in [-0.2, -0.15) is 0 Å². The van der Waals surface area contributed by atoms with Gasteiger partial charge in [0.25, 0.3) is 5.91 Å². The standard InChI is InChI=1S/C25H31BrN2O5/c1-14-20(24(30)28-6-8-33-9-7-28)21(15-10-16(26)23(32-5)19(11-15)31-4)22-17(27-14)12-25(2,3)13-18(22)29/h10-11,21,27H,6-9,12-13H2,1-5H3/t21-/m0/s1. The van der Waals surface area contributed by atoms with Gasteiger partial charge in [0.1, 0.15) is 0 Å². The zero-order valence-electron chi connectivity index (χ0n) is 19.8. The first kappa shape index (κ1) is 23.8. The van der Waals surface area contributed by atoms with Crippen LogP contribution in [-0.2, 0) is 14.3 Å². The number of rotatable bonds is 4. The Kier molecular flexibility index (Phi) is 6.60. The first-order valence-electron chi connectivity index (χ1n) is 11.2. The number of amides is 1. The lowest BCUT2D eigenvalue weighted by Gasteiger charge is -2.41. The van der Waals surface area contributed by atoms with E-state index in [0.29, 0.717) is 59.8 Å². The Morgan fingerprint density at radius 2 is 1.88 bits per heavy atom. The quantitative estimate of drug-likeness (QED) is 0.650. The maximum atomic E-state index is 13.8. The van der Waals surface area contributed by atoms with Gasteiger partial charge in [-0.1, -0.05) is 13.8 Å². The van der Waals surface area contributed by atoms with Crippen molar-refractivity contribution in [3.63, 3.8) is 0 Å². The van der Waals surface area contributed by atoms with E-state index in [1.165, 1.54) is 0 Å². The van der Waals surface area contributed by atoms with Crippen LogP contribution < -0.4 is 14.8 Å². The molecule has 2 heterocycles. The summed E-state index contributed by atoms with van der Waals surface area (Å²) >= 11 is 3.59. The Labute approximate surface area is 203 Å². The van der Waals surface area contributed by atoms with E-state index in [4.69, 9.17) is 14.2 Å². The Bertz CT molecular complexity index is 1050. The van der Waals surface area contributed by atoms with Crippen molar-refractivity contribution < 1.29 is 23.8 Å². The van der Waals surface area contributed by atoms with Crippen LogP contribution in [0, 0.1) is 5.41 Å². The number of carbonyl (C=O) groups excluding carboxylic acids is 2. The van der Waals surface area contributed by atoms with Crippen LogP contribution in [0.3, 0.4) is 0 Å². The molecule has 1 aliphatic carbocycles. The van der Waals surface area contributed by atoms with Crippen molar-refractivity contribution in [1.82, 2.24) is 10.2 Å². The molecule has 0 radical (unpaired) electrons. The van der Waals surface area contributed by atoms with Crippen molar-refractivity contribution in [2.45, 2.75) is 39.5 Å². The summed E-state index contributed by atoms with van der Waals surface area (Å²) in [4.78, 5) is 29.1. The van der Waals surface area contributed by atoms with Crippen molar-refractivity contribution in [1.29, 1.82) is 0 Å². The van der Waals surface area contributed by atoms with E-state index in [9.17, 15) is 9.59 Å². The van der Waals surface area contributed by atoms with Crippen LogP contribution in [0.15, 0.2) is 39.1 Å². The third-order valence-corrected chi connectivity index (χ3v) is 7.15. The Morgan fingerprint density at radius 1 is 1.18 bits per heavy atom. The summed E-state index contributed by atoms with van der Waals surface area (Å²) in [6.07, 6.45) is 1.19. The highest BCUT2D eigenvalue weighted by molar-refractivity contribution is 9.10. The van der Waals surface area contributed by atoms with Crippen molar-refractivity contribution >= 4 is 27.6 Å². The third-order valence-electron chi connectivity index (χ3n) is 6.56. The molecule has 1 atom stereocenters. The summed E-state index contributed by atoms with van der Waals surface area (Å²) in [7, 11) is 3.16. The lowest BCUT2D eigenvalue weighted by atomic mass is 9.68. The fraction of sp³-hybridized carbons (Fsp3) is 0.520. The van der Waals surface area contributed by atoms with E-state index < -0.39 is 5.92 Å². The van der Waals surface area contributed by atoms with Gasteiger partial charge in [0.2, 0.25) is 0 Å². The topological polar surface area (TPSA) is 77.1 Å². The van der Waals surface area contributed by atoms with Crippen LogP contribution in [0.1, 0.15) is 45.1 Å². The number of methoxy groups -OCH3 is 2. The minimum Gasteiger partial charge on any atom is -0.493 e. The second-order valence-electron chi connectivity index (χ2n) is 9.57. The maximum Gasteiger partial charge on any atom is 0.252 e. The molecular weight excluding hydrogens is 488 g/mol. The van der Waals surface area contributed by atoms with Gasteiger partial charge in [0.15, 0.2) is 17.3 Å². The highest BCUT2D eigenvalue weighted by Crippen LogP contribution is 2.49. The number of hydrogen-bond acceptors (Lipinski definition) is 6. The van der Waals surface area contributed by atoms with Crippen molar-refractivity contribution in [2.24, 2.45) is 5.41 Å². The van der Waals surface area contributed by atoms with Crippen LogP contribution >= 0.6 is 15.9 Å². The van der Waals surface area contributed by atoms with E-state index in [1.807, 2.05) is 24.0 Å². The van der Waals surface area contributed by atoms with E-state index >= 15 is 0 Å². The predicted octanol–water partition coefficient (Wildman–Crippen LogP) is 3.93. The van der Waals surface area contributed by atoms with Crippen LogP contribution in [0.2, 0.25) is 0 Å². The molecule has 0 aromatic heterocycles. The lowest BCUT2D eigenvalue weighted by Crippen LogP contribution is -2.45. The molecule has 0 unspecified atom stereocenters. The fourth-order valence-electron chi connectivity index (χ4n) is 5.09. The van der Waals surface area contributed by atoms with Gasteiger partial charge >= 0.3 is 0 Å². The van der Waals surface area contributed by atoms with Gasteiger partial charge in [0, 0.05) is 48.0 Å². The van der Waals surface area contributed by atoms with E-state index in [-0.39, 0.29) is 17.1 Å². The van der Waals surface area contributed by atoms with Gasteiger partial charge in [-0.05, 0) is 52.4 Å². The molecule has 8 heteroatoms. The number of nitrogens with one attached hydrogen (secondary N) is 1. The summed E-state index contributed by atoms with van der Waals surface area (Å²) in [5, 5.41) is 3.43. The SMILES string of the molecule is COc1cc([C@H]2C(C(=O)N3CCOCC3)=C(C)NC3=C2C(=O)CC(C)(C)C3)cc(Br)c1OC. The Balaban J connectivity index is 1.89. The average molecular weight is 519 g/mol. The van der Waals surface area contributed by atoms with Gasteiger partial charge in [0.05, 0.1) is 31.9 Å². The van der Waals surface area contributed by atoms with Crippen molar-refractivity contribution in [3.05, 3.63) is 44.7 Å². The highest BCUT2D eigenvalue weighted by Gasteiger charge is 2.44. The largest absolute Gasteiger partial charge is 0.493 e. The van der Waals surface area contributed by atoms with E-state index in [2.05, 4.69) is 35.1 Å². The second-order valence-corrected chi connectivity index (χ2v) is 10.4. The van der Waals surface area contributed by atoms with Crippen LogP contribution in [0.25, 0.3) is 0 Å². The second kappa shape index (κ2) is 9.14. The molecule has 0 spiro atoms. The summed E-state index contributed by atoms with van der Waals surface area (Å²) in [6.45, 7) is 8.22. The molecule has 1 aromatic rings. The number of morpholine rings is 1. The molecule has 4 rings (SSSR count). The maximum absolute atomic E-state index is 13.8. The number of halogens is 1. The number of carbonyl (C=O) groups is 2. The minimum atomic E-state index is -0.490. The average Bonchev–Trinajstić information content (AvgIpc) is 2.76. The molecule has 1 aromatic carbocycles. The van der Waals surface area contributed by atoms with Gasteiger partial charge < -0.3 is 24.4 Å². The van der Waals surface area contributed by atoms with Crippen LogP contribution in [0.4, 0.5) is 0 Å². The number of hydrogen-bond donors (Lipinski definition) is 1. The molecule has 1 N–H and O–H groups in total. The first-order valence-corrected chi connectivity index (χ1v) is 12.0. The summed E-state index contributed by atoms with van der Waals surface area (Å²) < 4.78 is 17.2. The molecular formula is C25H31BrN2O5. The van der Waals surface area contributed by atoms with Crippen LogP contribution in [-0.4, -0.2) is 57.1 Å². The number of Topliss-reactive ketones (excluding diaryl/α,β-unsaturated/α-hetero) is 1. The number of ketones is 1. The minimum absolute atomic E-state index is 0.0663. The van der Waals surface area contributed by atoms with Crippen molar-refractivity contribution in [2.75, 3.05) is 40.5 Å². The third kappa shape index (κ3) is 4.43. The summed E-state index contributed by atoms with van der Waals surface area (Å²) in [6, 6.07) is 3.80. The van der Waals surface area contributed by atoms with Gasteiger partial charge in [-0.25, -0.2) is 0 Å².